The van der Waals surface area contributed by atoms with E-state index >= 15 is 0 Å². The molecule has 1 N–H and O–H groups in total. The number of aryl methyl sites for hydroxylation is 2. The van der Waals surface area contributed by atoms with Gasteiger partial charge in [0.15, 0.2) is 11.8 Å². The molecule has 33 heavy (non-hydrogen) atoms. The van der Waals surface area contributed by atoms with Gasteiger partial charge < -0.3 is 15.0 Å². The van der Waals surface area contributed by atoms with Crippen LogP contribution in [0, 0.1) is 12.7 Å². The molecule has 1 atom stereocenters. The van der Waals surface area contributed by atoms with Gasteiger partial charge in [-0.2, -0.15) is 13.2 Å². The van der Waals surface area contributed by atoms with Crippen LogP contribution in [-0.4, -0.2) is 57.9 Å². The van der Waals surface area contributed by atoms with Crippen LogP contribution in [-0.2, 0) is 11.2 Å². The highest BCUT2D eigenvalue weighted by molar-refractivity contribution is 5.91. The number of carbonyl (C=O) groups is 1. The van der Waals surface area contributed by atoms with E-state index in [1.165, 1.54) is 12.1 Å². The van der Waals surface area contributed by atoms with Gasteiger partial charge in [-0.3, -0.25) is 0 Å². The number of hydrogen-bond acceptors (Lipinski definition) is 5. The van der Waals surface area contributed by atoms with Crippen molar-refractivity contribution in [2.75, 3.05) is 25.0 Å². The predicted octanol–water partition coefficient (Wildman–Crippen LogP) is 4.50. The number of morpholine rings is 1. The number of rotatable bonds is 3. The van der Waals surface area contributed by atoms with Gasteiger partial charge in [-0.1, -0.05) is 6.92 Å². The van der Waals surface area contributed by atoms with Crippen LogP contribution in [0.4, 0.5) is 28.0 Å². The molecule has 1 saturated heterocycles. The third-order valence-corrected chi connectivity index (χ3v) is 5.38. The Balaban J connectivity index is 1.60. The van der Waals surface area contributed by atoms with Crippen LogP contribution < -0.4 is 5.32 Å². The summed E-state index contributed by atoms with van der Waals surface area (Å²) in [5.41, 5.74) is 2.25. The topological polar surface area (TPSA) is 80.2 Å². The molecular formula is C22H21F4N5O2. The number of carbonyl (C=O) groups excluding carboxylic acids is 1. The van der Waals surface area contributed by atoms with Crippen LogP contribution >= 0.6 is 0 Å². The summed E-state index contributed by atoms with van der Waals surface area (Å²) in [5, 5.41) is 3.09. The number of aromatic nitrogens is 3. The number of alkyl halides is 3. The number of ether oxygens (including phenoxy) is 1. The van der Waals surface area contributed by atoms with E-state index in [4.69, 9.17) is 4.74 Å². The van der Waals surface area contributed by atoms with E-state index in [1.54, 1.807) is 19.3 Å². The summed E-state index contributed by atoms with van der Waals surface area (Å²) in [5.74, 6) is -0.0310. The van der Waals surface area contributed by atoms with Crippen LogP contribution in [0.25, 0.3) is 22.2 Å². The van der Waals surface area contributed by atoms with Crippen molar-refractivity contribution in [1.82, 2.24) is 19.9 Å². The van der Waals surface area contributed by atoms with Crippen LogP contribution in [0.3, 0.4) is 0 Å². The number of hydrogen-bond donors (Lipinski definition) is 1. The molecule has 2 amide bonds. The van der Waals surface area contributed by atoms with Crippen molar-refractivity contribution in [2.45, 2.75) is 32.5 Å². The lowest BCUT2D eigenvalue weighted by atomic mass is 10.00. The molecule has 2 aromatic heterocycles. The molecule has 11 heteroatoms. The lowest BCUT2D eigenvalue weighted by Crippen LogP contribution is -2.52. The smallest absolute Gasteiger partial charge is 0.365 e. The molecule has 0 aliphatic carbocycles. The van der Waals surface area contributed by atoms with E-state index in [0.29, 0.717) is 40.0 Å². The lowest BCUT2D eigenvalue weighted by molar-refractivity contribution is -0.233. The monoisotopic (exact) mass is 463 g/mol. The first-order chi connectivity index (χ1) is 15.7. The normalized spacial score (nSPS) is 16.8. The molecule has 1 aliphatic heterocycles. The summed E-state index contributed by atoms with van der Waals surface area (Å²) in [7, 11) is 0. The number of nitrogens with one attached hydrogen (secondary N) is 1. The summed E-state index contributed by atoms with van der Waals surface area (Å²) in [6, 6.07) is 3.67. The Hall–Kier alpha value is -3.34. The molecule has 0 radical (unpaired) electrons. The van der Waals surface area contributed by atoms with Gasteiger partial charge in [-0.15, -0.1) is 0 Å². The summed E-state index contributed by atoms with van der Waals surface area (Å²) >= 11 is 0. The lowest BCUT2D eigenvalue weighted by Gasteiger charge is -2.33. The molecule has 3 aromatic rings. The Labute approximate surface area is 186 Å². The van der Waals surface area contributed by atoms with Crippen molar-refractivity contribution in [1.29, 1.82) is 0 Å². The quantitative estimate of drug-likeness (QED) is 0.579. The fourth-order valence-corrected chi connectivity index (χ4v) is 3.58. The third kappa shape index (κ3) is 4.87. The SMILES string of the molecule is CCc1ncc2cc(-c3cc(NC(=O)N4CCO[C@H](C(F)(F)F)C4)c(F)cc3C)cnc2n1. The van der Waals surface area contributed by atoms with E-state index < -0.39 is 30.7 Å². The second-order valence-corrected chi connectivity index (χ2v) is 7.70. The molecule has 0 unspecified atom stereocenters. The van der Waals surface area contributed by atoms with E-state index in [2.05, 4.69) is 20.3 Å². The summed E-state index contributed by atoms with van der Waals surface area (Å²) in [6.07, 6.45) is -2.74. The first kappa shape index (κ1) is 22.8. The van der Waals surface area contributed by atoms with Crippen LogP contribution in [0.15, 0.2) is 30.6 Å². The molecule has 174 valence electrons. The molecule has 0 bridgehead atoms. The van der Waals surface area contributed by atoms with E-state index in [1.807, 2.05) is 13.0 Å². The number of fused-ring (bicyclic) bond motifs is 1. The third-order valence-electron chi connectivity index (χ3n) is 5.38. The van der Waals surface area contributed by atoms with Gasteiger partial charge in [0.2, 0.25) is 0 Å². The number of benzene rings is 1. The molecule has 1 aliphatic rings. The molecular weight excluding hydrogens is 442 g/mol. The van der Waals surface area contributed by atoms with Crippen molar-refractivity contribution in [3.63, 3.8) is 0 Å². The van der Waals surface area contributed by atoms with E-state index in [9.17, 15) is 22.4 Å². The van der Waals surface area contributed by atoms with Gasteiger partial charge in [0.1, 0.15) is 11.6 Å². The number of anilines is 1. The molecule has 0 spiro atoms. The standard InChI is InChI=1S/C22H21F4N5O2/c1-3-19-27-10-14-7-13(9-28-20(14)30-19)15-8-17(16(23)6-12(15)2)29-21(32)31-4-5-33-18(11-31)22(24,25)26/h6-10,18H,3-5,11H2,1-2H3,(H,29,32)/t18-/m0/s1. The number of halogens is 4. The molecule has 0 saturated carbocycles. The first-order valence-corrected chi connectivity index (χ1v) is 10.3. The Morgan fingerprint density at radius 2 is 2.03 bits per heavy atom. The molecule has 1 aromatic carbocycles. The van der Waals surface area contributed by atoms with Crippen molar-refractivity contribution in [3.05, 3.63) is 47.8 Å². The van der Waals surface area contributed by atoms with Crippen molar-refractivity contribution < 1.29 is 27.1 Å². The van der Waals surface area contributed by atoms with E-state index in [-0.39, 0.29) is 18.8 Å². The first-order valence-electron chi connectivity index (χ1n) is 10.3. The molecule has 4 rings (SSSR count). The van der Waals surface area contributed by atoms with Gasteiger partial charge in [0.05, 0.1) is 18.8 Å². The van der Waals surface area contributed by atoms with Gasteiger partial charge in [-0.25, -0.2) is 24.1 Å². The summed E-state index contributed by atoms with van der Waals surface area (Å²) in [6.45, 7) is 2.69. The van der Waals surface area contributed by atoms with Crippen molar-refractivity contribution in [3.8, 4) is 11.1 Å². The zero-order valence-electron chi connectivity index (χ0n) is 17.9. The number of amides is 2. The minimum atomic E-state index is -4.59. The highest BCUT2D eigenvalue weighted by Gasteiger charge is 2.44. The van der Waals surface area contributed by atoms with Crippen LogP contribution in [0.2, 0.25) is 0 Å². The average molecular weight is 463 g/mol. The second kappa shape index (κ2) is 8.89. The Morgan fingerprint density at radius 3 is 2.76 bits per heavy atom. The van der Waals surface area contributed by atoms with Crippen LogP contribution in [0.1, 0.15) is 18.3 Å². The average Bonchev–Trinajstić information content (AvgIpc) is 2.79. The number of urea groups is 1. The zero-order chi connectivity index (χ0) is 23.8. The maximum absolute atomic E-state index is 14.6. The number of nitrogens with zero attached hydrogens (tertiary/aromatic N) is 4. The van der Waals surface area contributed by atoms with E-state index in [0.717, 1.165) is 4.90 Å². The number of pyridine rings is 1. The fraction of sp³-hybridized carbons (Fsp3) is 0.364. The highest BCUT2D eigenvalue weighted by atomic mass is 19.4. The van der Waals surface area contributed by atoms with Gasteiger partial charge in [0.25, 0.3) is 0 Å². The van der Waals surface area contributed by atoms with Crippen molar-refractivity contribution >= 4 is 22.8 Å². The maximum Gasteiger partial charge on any atom is 0.416 e. The second-order valence-electron chi connectivity index (χ2n) is 7.70. The van der Waals surface area contributed by atoms with Crippen molar-refractivity contribution in [2.24, 2.45) is 0 Å². The molecule has 3 heterocycles. The Kier molecular flexibility index (Phi) is 6.15. The maximum atomic E-state index is 14.6. The van der Waals surface area contributed by atoms with Gasteiger partial charge in [-0.05, 0) is 36.2 Å². The fourth-order valence-electron chi connectivity index (χ4n) is 3.58. The largest absolute Gasteiger partial charge is 0.416 e. The minimum Gasteiger partial charge on any atom is -0.365 e. The summed E-state index contributed by atoms with van der Waals surface area (Å²) in [4.78, 5) is 26.5. The van der Waals surface area contributed by atoms with Gasteiger partial charge in [0, 0.05) is 36.3 Å². The summed E-state index contributed by atoms with van der Waals surface area (Å²) < 4.78 is 58.2. The predicted molar refractivity (Wildman–Crippen MR) is 113 cm³/mol. The van der Waals surface area contributed by atoms with Crippen LogP contribution in [0.5, 0.6) is 0 Å². The minimum absolute atomic E-state index is 0.0346. The Morgan fingerprint density at radius 1 is 1.24 bits per heavy atom. The molecule has 1 fully saturated rings. The van der Waals surface area contributed by atoms with Gasteiger partial charge >= 0.3 is 12.2 Å². The zero-order valence-corrected chi connectivity index (χ0v) is 17.9. The Bertz CT molecular complexity index is 1200. The molecule has 7 nitrogen and oxygen atoms in total. The highest BCUT2D eigenvalue weighted by Crippen LogP contribution is 2.31.